The van der Waals surface area contributed by atoms with Crippen molar-refractivity contribution in [1.29, 1.82) is 0 Å². The SMILES string of the molecule is CCCCCCCCCCNC(=O)N[C@@H](C)C(=O)O.[Ag]. The van der Waals surface area contributed by atoms with Gasteiger partial charge in [0.2, 0.25) is 0 Å². The number of aliphatic carboxylic acids is 1. The summed E-state index contributed by atoms with van der Waals surface area (Å²) >= 11 is 0. The van der Waals surface area contributed by atoms with Gasteiger partial charge in [-0.15, -0.1) is 0 Å². The molecular formula is C14H28AgN2O3. The number of amides is 2. The van der Waals surface area contributed by atoms with Crippen molar-refractivity contribution in [1.82, 2.24) is 10.6 Å². The van der Waals surface area contributed by atoms with Gasteiger partial charge in [-0.2, -0.15) is 0 Å². The van der Waals surface area contributed by atoms with Crippen LogP contribution >= 0.6 is 0 Å². The Balaban J connectivity index is 0. The first-order chi connectivity index (χ1) is 9.07. The second-order valence-corrected chi connectivity index (χ2v) is 4.94. The van der Waals surface area contributed by atoms with E-state index in [0.717, 1.165) is 12.8 Å². The summed E-state index contributed by atoms with van der Waals surface area (Å²) in [7, 11) is 0. The molecule has 0 saturated heterocycles. The summed E-state index contributed by atoms with van der Waals surface area (Å²) in [6, 6.07) is -1.25. The van der Waals surface area contributed by atoms with Crippen LogP contribution in [0.25, 0.3) is 0 Å². The number of nitrogens with one attached hydrogen (secondary N) is 2. The molecule has 0 heterocycles. The Morgan fingerprint density at radius 2 is 1.50 bits per heavy atom. The quantitative estimate of drug-likeness (QED) is 0.381. The molecule has 0 aromatic rings. The van der Waals surface area contributed by atoms with Gasteiger partial charge in [-0.25, -0.2) is 4.79 Å². The Labute approximate surface area is 137 Å². The molecule has 0 saturated carbocycles. The van der Waals surface area contributed by atoms with Crippen LogP contribution < -0.4 is 10.6 Å². The van der Waals surface area contributed by atoms with Crippen LogP contribution in [0.3, 0.4) is 0 Å². The Hall–Kier alpha value is -0.520. The number of urea groups is 1. The van der Waals surface area contributed by atoms with Crippen molar-refractivity contribution in [3.63, 3.8) is 0 Å². The van der Waals surface area contributed by atoms with Gasteiger partial charge in [-0.1, -0.05) is 51.9 Å². The third kappa shape index (κ3) is 13.9. The molecule has 6 heteroatoms. The molecule has 123 valence electrons. The first kappa shape index (κ1) is 21.8. The van der Waals surface area contributed by atoms with Crippen LogP contribution in [0.15, 0.2) is 0 Å². The van der Waals surface area contributed by atoms with Gasteiger partial charge in [0.05, 0.1) is 0 Å². The van der Waals surface area contributed by atoms with Crippen LogP contribution in [0.5, 0.6) is 0 Å². The van der Waals surface area contributed by atoms with Gasteiger partial charge in [0.1, 0.15) is 6.04 Å². The molecule has 0 unspecified atom stereocenters. The minimum Gasteiger partial charge on any atom is -0.480 e. The minimum absolute atomic E-state index is 0. The number of carboxylic acid groups (broad SMARTS) is 1. The van der Waals surface area contributed by atoms with Gasteiger partial charge < -0.3 is 15.7 Å². The van der Waals surface area contributed by atoms with E-state index >= 15 is 0 Å². The van der Waals surface area contributed by atoms with E-state index in [1.807, 2.05) is 0 Å². The average Bonchev–Trinajstić information content (AvgIpc) is 2.36. The van der Waals surface area contributed by atoms with Crippen LogP contribution in [-0.4, -0.2) is 29.7 Å². The summed E-state index contributed by atoms with van der Waals surface area (Å²) in [4.78, 5) is 21.8. The van der Waals surface area contributed by atoms with Crippen molar-refractivity contribution in [3.8, 4) is 0 Å². The van der Waals surface area contributed by atoms with E-state index in [1.165, 1.54) is 45.4 Å². The molecule has 1 radical (unpaired) electrons. The number of carboxylic acids is 1. The first-order valence-corrected chi connectivity index (χ1v) is 7.35. The smallest absolute Gasteiger partial charge is 0.325 e. The normalized spacial score (nSPS) is 11.3. The van der Waals surface area contributed by atoms with E-state index in [9.17, 15) is 9.59 Å². The summed E-state index contributed by atoms with van der Waals surface area (Å²) < 4.78 is 0. The largest absolute Gasteiger partial charge is 0.480 e. The van der Waals surface area contributed by atoms with E-state index in [1.54, 1.807) is 0 Å². The van der Waals surface area contributed by atoms with Crippen LogP contribution in [-0.2, 0) is 27.2 Å². The molecule has 0 aromatic carbocycles. The first-order valence-electron chi connectivity index (χ1n) is 7.35. The molecular weight excluding hydrogens is 352 g/mol. The van der Waals surface area contributed by atoms with Crippen molar-refractivity contribution in [2.45, 2.75) is 71.3 Å². The molecule has 2 amide bonds. The number of hydrogen-bond donors (Lipinski definition) is 3. The van der Waals surface area contributed by atoms with Crippen LogP contribution in [0, 0.1) is 0 Å². The molecule has 20 heavy (non-hydrogen) atoms. The fourth-order valence-electron chi connectivity index (χ4n) is 1.77. The molecule has 5 nitrogen and oxygen atoms in total. The monoisotopic (exact) mass is 379 g/mol. The summed E-state index contributed by atoms with van der Waals surface area (Å²) in [5, 5.41) is 13.6. The summed E-state index contributed by atoms with van der Waals surface area (Å²) in [5.41, 5.74) is 0. The van der Waals surface area contributed by atoms with Crippen molar-refractivity contribution < 1.29 is 37.1 Å². The summed E-state index contributed by atoms with van der Waals surface area (Å²) in [5.74, 6) is -1.03. The number of rotatable bonds is 11. The van der Waals surface area contributed by atoms with Gasteiger partial charge in [0.25, 0.3) is 0 Å². The zero-order chi connectivity index (χ0) is 14.5. The van der Waals surface area contributed by atoms with Crippen molar-refractivity contribution in [2.24, 2.45) is 0 Å². The van der Waals surface area contributed by atoms with Crippen LogP contribution in [0.1, 0.15) is 65.2 Å². The Bertz CT molecular complexity index is 263. The molecule has 0 fully saturated rings. The molecule has 0 aliphatic carbocycles. The van der Waals surface area contributed by atoms with E-state index in [4.69, 9.17) is 5.11 Å². The third-order valence-corrected chi connectivity index (χ3v) is 3.03. The fourth-order valence-corrected chi connectivity index (χ4v) is 1.77. The Kier molecular flexibility index (Phi) is 16.2. The fraction of sp³-hybridized carbons (Fsp3) is 0.857. The molecule has 0 spiro atoms. The third-order valence-electron chi connectivity index (χ3n) is 3.03. The van der Waals surface area contributed by atoms with E-state index in [-0.39, 0.29) is 22.4 Å². The summed E-state index contributed by atoms with van der Waals surface area (Å²) in [6.07, 6.45) is 9.75. The second-order valence-electron chi connectivity index (χ2n) is 4.94. The van der Waals surface area contributed by atoms with E-state index in [0.29, 0.717) is 6.54 Å². The van der Waals surface area contributed by atoms with E-state index in [2.05, 4.69) is 17.6 Å². The zero-order valence-corrected chi connectivity index (χ0v) is 14.0. The van der Waals surface area contributed by atoms with Gasteiger partial charge in [-0.3, -0.25) is 4.79 Å². The molecule has 0 aromatic heterocycles. The van der Waals surface area contributed by atoms with Crippen molar-refractivity contribution in [2.75, 3.05) is 6.54 Å². The molecule has 0 bridgehead atoms. The number of carbonyl (C=O) groups excluding carboxylic acids is 1. The van der Waals surface area contributed by atoms with Gasteiger partial charge in [-0.05, 0) is 13.3 Å². The maximum atomic E-state index is 11.3. The van der Waals surface area contributed by atoms with Crippen molar-refractivity contribution in [3.05, 3.63) is 0 Å². The maximum absolute atomic E-state index is 11.3. The van der Waals surface area contributed by atoms with Gasteiger partial charge >= 0.3 is 12.0 Å². The topological polar surface area (TPSA) is 78.4 Å². The predicted octanol–water partition coefficient (Wildman–Crippen LogP) is 2.90. The second kappa shape index (κ2) is 14.9. The molecule has 0 aliphatic rings. The standard InChI is InChI=1S/C14H28N2O3.Ag/c1-3-4-5-6-7-8-9-10-11-15-14(19)16-12(2)13(17)18;/h12H,3-11H2,1-2H3,(H,17,18)(H2,15,16,19);/t12-;/m0./s1. The Morgan fingerprint density at radius 1 is 1.00 bits per heavy atom. The van der Waals surface area contributed by atoms with Gasteiger partial charge in [0.15, 0.2) is 0 Å². The van der Waals surface area contributed by atoms with Crippen LogP contribution in [0.4, 0.5) is 4.79 Å². The predicted molar refractivity (Wildman–Crippen MR) is 76.2 cm³/mol. The van der Waals surface area contributed by atoms with Crippen LogP contribution in [0.2, 0.25) is 0 Å². The molecule has 0 rings (SSSR count). The Morgan fingerprint density at radius 3 is 2.00 bits per heavy atom. The molecule has 3 N–H and O–H groups in total. The number of unbranched alkanes of at least 4 members (excludes halogenated alkanes) is 7. The maximum Gasteiger partial charge on any atom is 0.325 e. The zero-order valence-electron chi connectivity index (χ0n) is 12.5. The van der Waals surface area contributed by atoms with E-state index < -0.39 is 18.0 Å². The average molecular weight is 380 g/mol. The molecule has 1 atom stereocenters. The number of carbonyl (C=O) groups is 2. The number of hydrogen-bond acceptors (Lipinski definition) is 2. The molecule has 0 aliphatic heterocycles. The minimum atomic E-state index is -1.03. The van der Waals surface area contributed by atoms with Gasteiger partial charge in [0, 0.05) is 28.9 Å². The summed E-state index contributed by atoms with van der Waals surface area (Å²) in [6.45, 7) is 4.26. The van der Waals surface area contributed by atoms with Crippen molar-refractivity contribution >= 4 is 12.0 Å².